The normalized spacial score (nSPS) is 16.5. The van der Waals surface area contributed by atoms with Gasteiger partial charge in [0.25, 0.3) is 0 Å². The van der Waals surface area contributed by atoms with Gasteiger partial charge in [0, 0.05) is 6.20 Å². The molecular weight excluding hydrogens is 190 g/mol. The van der Waals surface area contributed by atoms with E-state index in [1.807, 2.05) is 18.2 Å². The smallest absolute Gasteiger partial charge is 0.312 e. The molecule has 3 heteroatoms. The molecule has 0 aliphatic heterocycles. The van der Waals surface area contributed by atoms with Gasteiger partial charge in [-0.1, -0.05) is 6.07 Å². The molecule has 1 aromatic rings. The number of aromatic nitrogens is 1. The number of hydrogen-bond acceptors (Lipinski definition) is 3. The van der Waals surface area contributed by atoms with Gasteiger partial charge in [0.1, 0.15) is 6.10 Å². The molecule has 0 atom stereocenters. The van der Waals surface area contributed by atoms with Gasteiger partial charge in [0.05, 0.1) is 12.1 Å². The molecule has 1 heterocycles. The van der Waals surface area contributed by atoms with Gasteiger partial charge in [-0.25, -0.2) is 0 Å². The van der Waals surface area contributed by atoms with Crippen LogP contribution >= 0.6 is 0 Å². The first-order valence-corrected chi connectivity index (χ1v) is 5.44. The molecule has 3 nitrogen and oxygen atoms in total. The topological polar surface area (TPSA) is 39.2 Å². The van der Waals surface area contributed by atoms with Crippen LogP contribution in [0.15, 0.2) is 24.4 Å². The minimum atomic E-state index is -0.152. The minimum Gasteiger partial charge on any atom is -0.462 e. The lowest BCUT2D eigenvalue weighted by Crippen LogP contribution is -2.16. The van der Waals surface area contributed by atoms with E-state index in [2.05, 4.69) is 4.98 Å². The summed E-state index contributed by atoms with van der Waals surface area (Å²) in [5.74, 6) is -0.152. The summed E-state index contributed by atoms with van der Waals surface area (Å²) in [5.41, 5.74) is 0.778. The van der Waals surface area contributed by atoms with E-state index in [4.69, 9.17) is 4.74 Å². The predicted octanol–water partition coefficient (Wildman–Crippen LogP) is 2.11. The Kier molecular flexibility index (Phi) is 3.33. The Labute approximate surface area is 89.5 Å². The van der Waals surface area contributed by atoms with Crippen molar-refractivity contribution >= 4 is 5.97 Å². The summed E-state index contributed by atoms with van der Waals surface area (Å²) in [4.78, 5) is 15.6. The van der Waals surface area contributed by atoms with Gasteiger partial charge in [0.2, 0.25) is 0 Å². The van der Waals surface area contributed by atoms with E-state index in [9.17, 15) is 4.79 Å². The van der Waals surface area contributed by atoms with Crippen LogP contribution in [0.25, 0.3) is 0 Å². The lowest BCUT2D eigenvalue weighted by Gasteiger charge is -2.10. The Morgan fingerprint density at radius 2 is 2.20 bits per heavy atom. The zero-order valence-corrected chi connectivity index (χ0v) is 8.69. The summed E-state index contributed by atoms with van der Waals surface area (Å²) in [6, 6.07) is 5.56. The molecule has 0 spiro atoms. The molecule has 15 heavy (non-hydrogen) atoms. The van der Waals surface area contributed by atoms with Crippen molar-refractivity contribution in [3.8, 4) is 0 Å². The van der Waals surface area contributed by atoms with Crippen LogP contribution in [-0.4, -0.2) is 17.1 Å². The highest BCUT2D eigenvalue weighted by atomic mass is 16.5. The predicted molar refractivity (Wildman–Crippen MR) is 56.3 cm³/mol. The average molecular weight is 205 g/mol. The van der Waals surface area contributed by atoms with Crippen LogP contribution in [0.1, 0.15) is 31.4 Å². The Morgan fingerprint density at radius 1 is 1.40 bits per heavy atom. The highest BCUT2D eigenvalue weighted by Crippen LogP contribution is 2.21. The summed E-state index contributed by atoms with van der Waals surface area (Å²) in [6.45, 7) is 0. The van der Waals surface area contributed by atoms with Crippen LogP contribution in [0.2, 0.25) is 0 Å². The fourth-order valence-electron chi connectivity index (χ4n) is 1.88. The van der Waals surface area contributed by atoms with E-state index in [-0.39, 0.29) is 18.5 Å². The highest BCUT2D eigenvalue weighted by molar-refractivity contribution is 5.72. The second-order valence-electron chi connectivity index (χ2n) is 3.89. The molecule has 0 saturated heterocycles. The van der Waals surface area contributed by atoms with E-state index in [0.717, 1.165) is 18.5 Å². The Morgan fingerprint density at radius 3 is 2.87 bits per heavy atom. The van der Waals surface area contributed by atoms with Gasteiger partial charge in [-0.3, -0.25) is 9.78 Å². The van der Waals surface area contributed by atoms with Crippen molar-refractivity contribution in [2.75, 3.05) is 0 Å². The van der Waals surface area contributed by atoms with Crippen LogP contribution in [0.3, 0.4) is 0 Å². The zero-order chi connectivity index (χ0) is 10.5. The third kappa shape index (κ3) is 3.05. The number of pyridine rings is 1. The first kappa shape index (κ1) is 10.1. The third-order valence-corrected chi connectivity index (χ3v) is 2.65. The van der Waals surface area contributed by atoms with Crippen LogP contribution in [0.5, 0.6) is 0 Å². The van der Waals surface area contributed by atoms with Crippen molar-refractivity contribution in [3.05, 3.63) is 30.1 Å². The number of esters is 1. The maximum Gasteiger partial charge on any atom is 0.312 e. The number of hydrogen-bond donors (Lipinski definition) is 0. The van der Waals surface area contributed by atoms with Gasteiger partial charge < -0.3 is 4.74 Å². The van der Waals surface area contributed by atoms with Crippen molar-refractivity contribution in [2.24, 2.45) is 0 Å². The summed E-state index contributed by atoms with van der Waals surface area (Å²) in [6.07, 6.45) is 6.54. The first-order valence-electron chi connectivity index (χ1n) is 5.44. The molecule has 1 aliphatic carbocycles. The summed E-state index contributed by atoms with van der Waals surface area (Å²) in [7, 11) is 0. The van der Waals surface area contributed by atoms with Crippen LogP contribution in [-0.2, 0) is 16.0 Å². The molecule has 0 radical (unpaired) electrons. The van der Waals surface area contributed by atoms with Crippen LogP contribution < -0.4 is 0 Å². The lowest BCUT2D eigenvalue weighted by molar-refractivity contribution is -0.147. The van der Waals surface area contributed by atoms with Gasteiger partial charge in [-0.2, -0.15) is 0 Å². The van der Waals surface area contributed by atoms with E-state index in [1.54, 1.807) is 6.20 Å². The number of rotatable bonds is 3. The van der Waals surface area contributed by atoms with E-state index in [1.165, 1.54) is 12.8 Å². The fourth-order valence-corrected chi connectivity index (χ4v) is 1.88. The molecular formula is C12H15NO2. The maximum atomic E-state index is 11.5. The summed E-state index contributed by atoms with van der Waals surface area (Å²) in [5, 5.41) is 0. The van der Waals surface area contributed by atoms with Gasteiger partial charge in [-0.15, -0.1) is 0 Å². The van der Waals surface area contributed by atoms with Crippen molar-refractivity contribution in [1.29, 1.82) is 0 Å². The maximum absolute atomic E-state index is 11.5. The number of nitrogens with zero attached hydrogens (tertiary/aromatic N) is 1. The Bertz CT molecular complexity index is 318. The average Bonchev–Trinajstić information content (AvgIpc) is 2.71. The van der Waals surface area contributed by atoms with Crippen molar-refractivity contribution in [1.82, 2.24) is 4.98 Å². The molecule has 1 saturated carbocycles. The summed E-state index contributed by atoms with van der Waals surface area (Å²) < 4.78 is 5.34. The third-order valence-electron chi connectivity index (χ3n) is 2.65. The lowest BCUT2D eigenvalue weighted by atomic mass is 10.2. The molecule has 1 aromatic heterocycles. The molecule has 80 valence electrons. The first-order chi connectivity index (χ1) is 7.34. The molecule has 0 N–H and O–H groups in total. The van der Waals surface area contributed by atoms with Crippen molar-refractivity contribution in [3.63, 3.8) is 0 Å². The molecule has 0 amide bonds. The van der Waals surface area contributed by atoms with Crippen molar-refractivity contribution < 1.29 is 9.53 Å². The van der Waals surface area contributed by atoms with Crippen molar-refractivity contribution in [2.45, 2.75) is 38.2 Å². The second kappa shape index (κ2) is 4.91. The molecule has 1 fully saturated rings. The molecule has 2 rings (SSSR count). The van der Waals surface area contributed by atoms with E-state index >= 15 is 0 Å². The van der Waals surface area contributed by atoms with Crippen LogP contribution in [0, 0.1) is 0 Å². The Balaban J connectivity index is 1.82. The zero-order valence-electron chi connectivity index (χ0n) is 8.69. The van der Waals surface area contributed by atoms with E-state index < -0.39 is 0 Å². The molecule has 0 bridgehead atoms. The SMILES string of the molecule is O=C(Cc1ccccn1)OC1CCCC1. The molecule has 0 aromatic carbocycles. The monoisotopic (exact) mass is 205 g/mol. The standard InChI is InChI=1S/C12H15NO2/c14-12(15-11-6-1-2-7-11)9-10-5-3-4-8-13-10/h3-5,8,11H,1-2,6-7,9H2. The quantitative estimate of drug-likeness (QED) is 0.709. The van der Waals surface area contributed by atoms with Gasteiger partial charge in [0.15, 0.2) is 0 Å². The minimum absolute atomic E-state index is 0.152. The Hall–Kier alpha value is -1.38. The molecule has 0 unspecified atom stereocenters. The number of carbonyl (C=O) groups excluding carboxylic acids is 1. The molecule has 1 aliphatic rings. The number of carbonyl (C=O) groups is 1. The van der Waals surface area contributed by atoms with E-state index in [0.29, 0.717) is 0 Å². The fraction of sp³-hybridized carbons (Fsp3) is 0.500. The van der Waals surface area contributed by atoms with Gasteiger partial charge in [-0.05, 0) is 37.8 Å². The summed E-state index contributed by atoms with van der Waals surface area (Å²) >= 11 is 0. The largest absolute Gasteiger partial charge is 0.462 e. The second-order valence-corrected chi connectivity index (χ2v) is 3.89. The number of ether oxygens (including phenoxy) is 1. The van der Waals surface area contributed by atoms with Crippen LogP contribution in [0.4, 0.5) is 0 Å². The van der Waals surface area contributed by atoms with Gasteiger partial charge >= 0.3 is 5.97 Å². The highest BCUT2D eigenvalue weighted by Gasteiger charge is 2.19.